The average Bonchev–Trinajstić information content (AvgIpc) is 3.00. The molecule has 0 aliphatic heterocycles. The van der Waals surface area contributed by atoms with Gasteiger partial charge in [-0.15, -0.1) is 0 Å². The van der Waals surface area contributed by atoms with Gasteiger partial charge in [-0.2, -0.15) is 0 Å². The van der Waals surface area contributed by atoms with Crippen LogP contribution in [0.1, 0.15) is 31.2 Å². The first-order chi connectivity index (χ1) is 12.0. The van der Waals surface area contributed by atoms with E-state index in [-0.39, 0.29) is 31.3 Å². The van der Waals surface area contributed by atoms with Gasteiger partial charge < -0.3 is 10.0 Å². The summed E-state index contributed by atoms with van der Waals surface area (Å²) in [5.74, 6) is -0.652. The van der Waals surface area contributed by atoms with Gasteiger partial charge in [0.25, 0.3) is 0 Å². The molecule has 25 heavy (non-hydrogen) atoms. The van der Waals surface area contributed by atoms with Crippen LogP contribution in [-0.2, 0) is 16.1 Å². The highest BCUT2D eigenvalue weighted by molar-refractivity contribution is 5.83. The minimum absolute atomic E-state index is 0.00494. The van der Waals surface area contributed by atoms with E-state index in [4.69, 9.17) is 5.11 Å². The van der Waals surface area contributed by atoms with Crippen molar-refractivity contribution < 1.29 is 23.5 Å². The van der Waals surface area contributed by atoms with E-state index in [0.29, 0.717) is 29.2 Å². The number of carboxylic acid groups (broad SMARTS) is 1. The van der Waals surface area contributed by atoms with Gasteiger partial charge in [-0.25, -0.2) is 8.78 Å². The molecule has 4 rings (SSSR count). The standard InChI is InChI=1S/C19H21F2NO3/c20-13-4-1-10(7-14(13)21)9-22(6-5-15(23)24)19(25)18-16-11-2-3-12(8-11)17(16)18/h1,4,7,11-12,16-18H,2-3,5-6,8-9H2,(H,23,24). The van der Waals surface area contributed by atoms with E-state index in [1.807, 2.05) is 0 Å². The summed E-state index contributed by atoms with van der Waals surface area (Å²) >= 11 is 0. The molecule has 3 aliphatic carbocycles. The van der Waals surface area contributed by atoms with Crippen molar-refractivity contribution in [3.8, 4) is 0 Å². The molecule has 2 bridgehead atoms. The van der Waals surface area contributed by atoms with Crippen molar-refractivity contribution in [2.45, 2.75) is 32.2 Å². The molecule has 0 aromatic heterocycles. The zero-order valence-corrected chi connectivity index (χ0v) is 13.8. The molecular weight excluding hydrogens is 328 g/mol. The summed E-state index contributed by atoms with van der Waals surface area (Å²) in [4.78, 5) is 25.4. The lowest BCUT2D eigenvalue weighted by Gasteiger charge is -2.24. The molecule has 0 saturated heterocycles. The third-order valence-electron chi connectivity index (χ3n) is 6.29. The molecule has 4 atom stereocenters. The zero-order chi connectivity index (χ0) is 17.7. The fraction of sp³-hybridized carbons (Fsp3) is 0.579. The van der Waals surface area contributed by atoms with Gasteiger partial charge in [-0.1, -0.05) is 6.07 Å². The molecule has 4 nitrogen and oxygen atoms in total. The van der Waals surface area contributed by atoms with Crippen LogP contribution in [0.25, 0.3) is 0 Å². The van der Waals surface area contributed by atoms with Gasteiger partial charge in [0.05, 0.1) is 6.42 Å². The first-order valence-corrected chi connectivity index (χ1v) is 8.90. The molecule has 1 aromatic carbocycles. The maximum atomic E-state index is 13.4. The first-order valence-electron chi connectivity index (χ1n) is 8.90. The molecule has 3 saturated carbocycles. The number of nitrogens with zero attached hydrogens (tertiary/aromatic N) is 1. The molecule has 0 spiro atoms. The summed E-state index contributed by atoms with van der Waals surface area (Å²) in [6.45, 7) is 0.215. The maximum Gasteiger partial charge on any atom is 0.305 e. The number of carbonyl (C=O) groups excluding carboxylic acids is 1. The lowest BCUT2D eigenvalue weighted by Crippen LogP contribution is -2.35. The van der Waals surface area contributed by atoms with Gasteiger partial charge in [0.15, 0.2) is 11.6 Å². The Morgan fingerprint density at radius 2 is 1.80 bits per heavy atom. The predicted octanol–water partition coefficient (Wildman–Crippen LogP) is 3.06. The van der Waals surface area contributed by atoms with Crippen LogP contribution in [-0.4, -0.2) is 28.4 Å². The largest absolute Gasteiger partial charge is 0.481 e. The summed E-state index contributed by atoms with van der Waals surface area (Å²) < 4.78 is 26.5. The average molecular weight is 349 g/mol. The van der Waals surface area contributed by atoms with E-state index in [2.05, 4.69) is 0 Å². The maximum absolute atomic E-state index is 13.4. The number of carboxylic acids is 1. The van der Waals surface area contributed by atoms with Crippen LogP contribution in [0.5, 0.6) is 0 Å². The Hall–Kier alpha value is -1.98. The predicted molar refractivity (Wildman–Crippen MR) is 85.3 cm³/mol. The molecule has 6 heteroatoms. The topological polar surface area (TPSA) is 57.6 Å². The Bertz CT molecular complexity index is 707. The Morgan fingerprint density at radius 3 is 2.40 bits per heavy atom. The van der Waals surface area contributed by atoms with Crippen LogP contribution in [0.2, 0.25) is 0 Å². The van der Waals surface area contributed by atoms with Gasteiger partial charge in [0.2, 0.25) is 5.91 Å². The van der Waals surface area contributed by atoms with E-state index in [9.17, 15) is 18.4 Å². The molecule has 1 N–H and O–H groups in total. The number of benzene rings is 1. The number of fused-ring (bicyclic) bond motifs is 5. The van der Waals surface area contributed by atoms with E-state index >= 15 is 0 Å². The molecule has 0 heterocycles. The van der Waals surface area contributed by atoms with Crippen molar-refractivity contribution in [2.75, 3.05) is 6.54 Å². The van der Waals surface area contributed by atoms with Crippen LogP contribution in [0.4, 0.5) is 8.78 Å². The number of hydrogen-bond donors (Lipinski definition) is 1. The number of carbonyl (C=O) groups is 2. The SMILES string of the molecule is O=C(O)CCN(Cc1ccc(F)c(F)c1)C(=O)C1C2C3CCC(C3)C12. The monoisotopic (exact) mass is 349 g/mol. The molecular formula is C19H21F2NO3. The normalized spacial score (nSPS) is 31.7. The zero-order valence-electron chi connectivity index (χ0n) is 13.8. The Labute approximate surface area is 144 Å². The van der Waals surface area contributed by atoms with Crippen molar-refractivity contribution >= 4 is 11.9 Å². The van der Waals surface area contributed by atoms with Crippen LogP contribution >= 0.6 is 0 Å². The van der Waals surface area contributed by atoms with Gasteiger partial charge in [0, 0.05) is 19.0 Å². The fourth-order valence-electron chi connectivity index (χ4n) is 5.22. The summed E-state index contributed by atoms with van der Waals surface area (Å²) in [5, 5.41) is 8.95. The number of halogens is 2. The first kappa shape index (κ1) is 16.5. The van der Waals surface area contributed by atoms with Crippen LogP contribution in [0.3, 0.4) is 0 Å². The molecule has 134 valence electrons. The third-order valence-corrected chi connectivity index (χ3v) is 6.29. The van der Waals surface area contributed by atoms with E-state index < -0.39 is 17.6 Å². The molecule has 3 fully saturated rings. The molecule has 3 aliphatic rings. The minimum Gasteiger partial charge on any atom is -0.481 e. The number of aliphatic carboxylic acids is 1. The van der Waals surface area contributed by atoms with E-state index in [0.717, 1.165) is 12.1 Å². The lowest BCUT2D eigenvalue weighted by molar-refractivity contribution is -0.139. The highest BCUT2D eigenvalue weighted by atomic mass is 19.2. The quantitative estimate of drug-likeness (QED) is 0.859. The highest BCUT2D eigenvalue weighted by Gasteiger charge is 2.67. The van der Waals surface area contributed by atoms with E-state index in [1.165, 1.54) is 30.2 Å². The van der Waals surface area contributed by atoms with Crippen molar-refractivity contribution in [1.29, 1.82) is 0 Å². The van der Waals surface area contributed by atoms with Crippen molar-refractivity contribution in [3.63, 3.8) is 0 Å². The molecule has 0 radical (unpaired) electrons. The molecule has 4 unspecified atom stereocenters. The number of amides is 1. The van der Waals surface area contributed by atoms with Crippen LogP contribution in [0, 0.1) is 41.2 Å². The Balaban J connectivity index is 1.48. The lowest BCUT2D eigenvalue weighted by atomic mass is 10.0. The summed E-state index contributed by atoms with van der Waals surface area (Å²) in [6.07, 6.45) is 3.49. The Morgan fingerprint density at radius 1 is 1.12 bits per heavy atom. The second-order valence-electron chi connectivity index (χ2n) is 7.67. The minimum atomic E-state index is -0.973. The van der Waals surface area contributed by atoms with Gasteiger partial charge in [-0.3, -0.25) is 9.59 Å². The molecule has 1 amide bonds. The number of hydrogen-bond acceptors (Lipinski definition) is 2. The fourth-order valence-corrected chi connectivity index (χ4v) is 5.22. The second-order valence-corrected chi connectivity index (χ2v) is 7.67. The van der Waals surface area contributed by atoms with E-state index in [1.54, 1.807) is 0 Å². The van der Waals surface area contributed by atoms with Gasteiger partial charge >= 0.3 is 5.97 Å². The van der Waals surface area contributed by atoms with Crippen molar-refractivity contribution in [2.24, 2.45) is 29.6 Å². The highest BCUT2D eigenvalue weighted by Crippen LogP contribution is 2.69. The van der Waals surface area contributed by atoms with Crippen molar-refractivity contribution in [3.05, 3.63) is 35.4 Å². The number of rotatable bonds is 6. The van der Waals surface area contributed by atoms with Crippen molar-refractivity contribution in [1.82, 2.24) is 4.90 Å². The summed E-state index contributed by atoms with van der Waals surface area (Å²) in [5.41, 5.74) is 0.478. The van der Waals surface area contributed by atoms with Gasteiger partial charge in [0.1, 0.15) is 0 Å². The second kappa shape index (κ2) is 6.07. The van der Waals surface area contributed by atoms with Gasteiger partial charge in [-0.05, 0) is 60.6 Å². The smallest absolute Gasteiger partial charge is 0.305 e. The summed E-state index contributed by atoms with van der Waals surface area (Å²) in [7, 11) is 0. The van der Waals surface area contributed by atoms with Crippen LogP contribution in [0.15, 0.2) is 18.2 Å². The molecule has 1 aromatic rings. The third kappa shape index (κ3) is 2.92. The Kier molecular flexibility index (Phi) is 4.01. The summed E-state index contributed by atoms with van der Waals surface area (Å²) in [6, 6.07) is 3.56. The van der Waals surface area contributed by atoms with Crippen LogP contribution < -0.4 is 0 Å².